The summed E-state index contributed by atoms with van der Waals surface area (Å²) in [4.78, 5) is 2.19. The third kappa shape index (κ3) is 3.52. The number of benzene rings is 1. The SMILES string of the molecule is COc1ccc2oc(CN(CC(C)O)C(C)C)cc2c1. The molecule has 1 atom stereocenters. The molecule has 0 spiro atoms. The fourth-order valence-corrected chi connectivity index (χ4v) is 2.28. The molecule has 1 aromatic carbocycles. The van der Waals surface area contributed by atoms with E-state index in [1.165, 1.54) is 0 Å². The number of ether oxygens (including phenoxy) is 1. The highest BCUT2D eigenvalue weighted by atomic mass is 16.5. The van der Waals surface area contributed by atoms with E-state index in [0.717, 1.165) is 22.5 Å². The largest absolute Gasteiger partial charge is 0.497 e. The van der Waals surface area contributed by atoms with Gasteiger partial charge in [-0.25, -0.2) is 0 Å². The first-order valence-electron chi connectivity index (χ1n) is 6.98. The Morgan fingerprint density at radius 1 is 1.25 bits per heavy atom. The second kappa shape index (κ2) is 6.29. The molecule has 0 aliphatic heterocycles. The Morgan fingerprint density at radius 2 is 2.00 bits per heavy atom. The van der Waals surface area contributed by atoms with E-state index >= 15 is 0 Å². The van der Waals surface area contributed by atoms with Gasteiger partial charge in [0.2, 0.25) is 0 Å². The highest BCUT2D eigenvalue weighted by molar-refractivity contribution is 5.79. The number of aliphatic hydroxyl groups excluding tert-OH is 1. The second-order valence-corrected chi connectivity index (χ2v) is 5.49. The summed E-state index contributed by atoms with van der Waals surface area (Å²) in [6, 6.07) is 8.18. The lowest BCUT2D eigenvalue weighted by atomic mass is 10.2. The second-order valence-electron chi connectivity index (χ2n) is 5.49. The van der Waals surface area contributed by atoms with Crippen LogP contribution in [0, 0.1) is 0 Å². The Kier molecular flexibility index (Phi) is 4.68. The van der Waals surface area contributed by atoms with Gasteiger partial charge in [-0.05, 0) is 45.0 Å². The van der Waals surface area contributed by atoms with Crippen LogP contribution in [0.3, 0.4) is 0 Å². The molecule has 0 bridgehead atoms. The lowest BCUT2D eigenvalue weighted by Crippen LogP contribution is -2.35. The molecule has 0 amide bonds. The summed E-state index contributed by atoms with van der Waals surface area (Å²) in [6.07, 6.45) is -0.345. The normalized spacial score (nSPS) is 13.3. The van der Waals surface area contributed by atoms with Crippen LogP contribution in [-0.2, 0) is 6.54 Å². The van der Waals surface area contributed by atoms with Crippen LogP contribution < -0.4 is 4.74 Å². The highest BCUT2D eigenvalue weighted by Gasteiger charge is 2.15. The third-order valence-electron chi connectivity index (χ3n) is 3.36. The van der Waals surface area contributed by atoms with Crippen LogP contribution in [0.4, 0.5) is 0 Å². The number of hydrogen-bond acceptors (Lipinski definition) is 4. The summed E-state index contributed by atoms with van der Waals surface area (Å²) in [5, 5.41) is 10.6. The van der Waals surface area contributed by atoms with Gasteiger partial charge in [0.25, 0.3) is 0 Å². The third-order valence-corrected chi connectivity index (χ3v) is 3.36. The van der Waals surface area contributed by atoms with Gasteiger partial charge >= 0.3 is 0 Å². The summed E-state index contributed by atoms with van der Waals surface area (Å²) in [7, 11) is 1.66. The van der Waals surface area contributed by atoms with E-state index in [9.17, 15) is 5.11 Å². The molecule has 1 unspecified atom stereocenters. The van der Waals surface area contributed by atoms with Crippen LogP contribution in [-0.4, -0.2) is 35.8 Å². The number of methoxy groups -OCH3 is 1. The van der Waals surface area contributed by atoms with Gasteiger partial charge in [0, 0.05) is 18.0 Å². The molecule has 0 aliphatic rings. The van der Waals surface area contributed by atoms with Crippen LogP contribution >= 0.6 is 0 Å². The van der Waals surface area contributed by atoms with E-state index in [0.29, 0.717) is 19.1 Å². The van der Waals surface area contributed by atoms with Crippen molar-refractivity contribution in [2.24, 2.45) is 0 Å². The quantitative estimate of drug-likeness (QED) is 0.881. The molecule has 2 rings (SSSR count). The molecular formula is C16H23NO3. The Labute approximate surface area is 119 Å². The topological polar surface area (TPSA) is 45.8 Å². The summed E-state index contributed by atoms with van der Waals surface area (Å²) < 4.78 is 11.1. The standard InChI is InChI=1S/C16H23NO3/c1-11(2)17(9-12(3)18)10-15-8-13-7-14(19-4)5-6-16(13)20-15/h5-8,11-12,18H,9-10H2,1-4H3. The number of hydrogen-bond donors (Lipinski definition) is 1. The maximum atomic E-state index is 9.57. The van der Waals surface area contributed by atoms with E-state index in [1.54, 1.807) is 14.0 Å². The average molecular weight is 277 g/mol. The maximum Gasteiger partial charge on any atom is 0.134 e. The lowest BCUT2D eigenvalue weighted by molar-refractivity contribution is 0.0980. The van der Waals surface area contributed by atoms with E-state index in [2.05, 4.69) is 18.7 Å². The maximum absolute atomic E-state index is 9.57. The first-order valence-corrected chi connectivity index (χ1v) is 6.98. The van der Waals surface area contributed by atoms with Gasteiger partial charge in [-0.15, -0.1) is 0 Å². The number of aliphatic hydroxyl groups is 1. The molecule has 1 aromatic heterocycles. The smallest absolute Gasteiger partial charge is 0.134 e. The molecule has 1 heterocycles. The van der Waals surface area contributed by atoms with Crippen LogP contribution in [0.15, 0.2) is 28.7 Å². The minimum Gasteiger partial charge on any atom is -0.497 e. The lowest BCUT2D eigenvalue weighted by Gasteiger charge is -2.26. The van der Waals surface area contributed by atoms with Crippen molar-refractivity contribution in [2.75, 3.05) is 13.7 Å². The Morgan fingerprint density at radius 3 is 2.60 bits per heavy atom. The van der Waals surface area contributed by atoms with Gasteiger partial charge in [0.1, 0.15) is 17.1 Å². The van der Waals surface area contributed by atoms with Crippen molar-refractivity contribution < 1.29 is 14.3 Å². The molecule has 4 nitrogen and oxygen atoms in total. The molecule has 20 heavy (non-hydrogen) atoms. The molecule has 2 aromatic rings. The van der Waals surface area contributed by atoms with Crippen molar-refractivity contribution in [1.82, 2.24) is 4.90 Å². The number of nitrogens with zero attached hydrogens (tertiary/aromatic N) is 1. The highest BCUT2D eigenvalue weighted by Crippen LogP contribution is 2.25. The minimum atomic E-state index is -0.345. The average Bonchev–Trinajstić information content (AvgIpc) is 2.78. The molecule has 0 aliphatic carbocycles. The first kappa shape index (κ1) is 14.9. The molecule has 0 radical (unpaired) electrons. The van der Waals surface area contributed by atoms with Crippen LogP contribution in [0.5, 0.6) is 5.75 Å². The molecule has 110 valence electrons. The van der Waals surface area contributed by atoms with Crippen molar-refractivity contribution in [1.29, 1.82) is 0 Å². The molecule has 4 heteroatoms. The van der Waals surface area contributed by atoms with Gasteiger partial charge in [-0.2, -0.15) is 0 Å². The monoisotopic (exact) mass is 277 g/mol. The number of rotatable bonds is 6. The molecule has 0 saturated carbocycles. The molecule has 1 N–H and O–H groups in total. The van der Waals surface area contributed by atoms with Gasteiger partial charge in [-0.3, -0.25) is 4.90 Å². The molecular weight excluding hydrogens is 254 g/mol. The van der Waals surface area contributed by atoms with Crippen molar-refractivity contribution in [3.8, 4) is 5.75 Å². The Balaban J connectivity index is 2.19. The Bertz CT molecular complexity index is 560. The predicted molar refractivity (Wildman–Crippen MR) is 80.0 cm³/mol. The fourth-order valence-electron chi connectivity index (χ4n) is 2.28. The summed E-state index contributed by atoms with van der Waals surface area (Å²) >= 11 is 0. The Hall–Kier alpha value is -1.52. The van der Waals surface area contributed by atoms with Gasteiger partial charge in [-0.1, -0.05) is 0 Å². The van der Waals surface area contributed by atoms with Crippen molar-refractivity contribution in [3.05, 3.63) is 30.0 Å². The van der Waals surface area contributed by atoms with Crippen LogP contribution in [0.1, 0.15) is 26.5 Å². The fraction of sp³-hybridized carbons (Fsp3) is 0.500. The van der Waals surface area contributed by atoms with Crippen LogP contribution in [0.2, 0.25) is 0 Å². The van der Waals surface area contributed by atoms with E-state index in [-0.39, 0.29) is 6.10 Å². The number of furan rings is 1. The van der Waals surface area contributed by atoms with Gasteiger partial charge < -0.3 is 14.3 Å². The number of fused-ring (bicyclic) bond motifs is 1. The molecule has 0 fully saturated rings. The zero-order valence-corrected chi connectivity index (χ0v) is 12.6. The summed E-state index contributed by atoms with van der Waals surface area (Å²) in [6.45, 7) is 7.37. The first-order chi connectivity index (χ1) is 9.49. The van der Waals surface area contributed by atoms with Crippen molar-refractivity contribution in [3.63, 3.8) is 0 Å². The summed E-state index contributed by atoms with van der Waals surface area (Å²) in [5.41, 5.74) is 0.863. The van der Waals surface area contributed by atoms with Crippen molar-refractivity contribution >= 4 is 11.0 Å². The van der Waals surface area contributed by atoms with E-state index < -0.39 is 0 Å². The van der Waals surface area contributed by atoms with E-state index in [4.69, 9.17) is 9.15 Å². The minimum absolute atomic E-state index is 0.345. The predicted octanol–water partition coefficient (Wildman–Crippen LogP) is 3.03. The van der Waals surface area contributed by atoms with E-state index in [1.807, 2.05) is 24.3 Å². The van der Waals surface area contributed by atoms with Crippen molar-refractivity contribution in [2.45, 2.75) is 39.5 Å². The molecule has 0 saturated heterocycles. The van der Waals surface area contributed by atoms with Gasteiger partial charge in [0.05, 0.1) is 19.8 Å². The zero-order chi connectivity index (χ0) is 14.7. The van der Waals surface area contributed by atoms with Crippen LogP contribution in [0.25, 0.3) is 11.0 Å². The van der Waals surface area contributed by atoms with Gasteiger partial charge in [0.15, 0.2) is 0 Å². The zero-order valence-electron chi connectivity index (χ0n) is 12.6. The summed E-state index contributed by atoms with van der Waals surface area (Å²) in [5.74, 6) is 1.73.